The molecule has 53 heavy (non-hydrogen) atoms. The molecule has 0 saturated carbocycles. The summed E-state index contributed by atoms with van der Waals surface area (Å²) in [6.45, 7) is 20.8. The first-order valence-corrected chi connectivity index (χ1v) is 18.9. The first-order valence-electron chi connectivity index (χ1n) is 18.9. The Morgan fingerprint density at radius 1 is 0.415 bits per heavy atom. The van der Waals surface area contributed by atoms with Crippen molar-refractivity contribution in [1.82, 2.24) is 4.98 Å². The van der Waals surface area contributed by atoms with Crippen LogP contribution in [0.1, 0.15) is 101 Å². The van der Waals surface area contributed by atoms with E-state index < -0.39 is 0 Å². The molecule has 0 unspecified atom stereocenters. The fourth-order valence-electron chi connectivity index (χ4n) is 7.63. The number of rotatable bonds is 7. The van der Waals surface area contributed by atoms with Crippen LogP contribution >= 0.6 is 0 Å². The van der Waals surface area contributed by atoms with Crippen LogP contribution in [0.4, 0.5) is 22.7 Å². The third kappa shape index (κ3) is 7.49. The molecule has 0 saturated heterocycles. The third-order valence-electron chi connectivity index (χ3n) is 10.3. The summed E-state index contributed by atoms with van der Waals surface area (Å²) < 4.78 is 0. The van der Waals surface area contributed by atoms with Crippen LogP contribution in [0.5, 0.6) is 0 Å². The SMILES string of the molecule is CC(C)c1cccc(C(C)C)c1N1[CH-]N(c2c(C(C)C)cccc2C(C)C)c2cc(-c3ccccc3)ccc21.[Au].c1ccc2c(c1)[n-]c1ccccc12. The Kier molecular flexibility index (Phi) is 11.7. The number of hydrogen-bond donors (Lipinski definition) is 0. The minimum atomic E-state index is 0. The van der Waals surface area contributed by atoms with Gasteiger partial charge < -0.3 is 14.8 Å². The molecule has 0 bridgehead atoms. The Hall–Kier alpha value is -4.54. The smallest absolute Gasteiger partial charge is 0.0351 e. The predicted octanol–water partition coefficient (Wildman–Crippen LogP) is 14.2. The zero-order chi connectivity index (χ0) is 36.5. The van der Waals surface area contributed by atoms with Crippen molar-refractivity contribution in [2.24, 2.45) is 0 Å². The second-order valence-electron chi connectivity index (χ2n) is 15.3. The van der Waals surface area contributed by atoms with Crippen molar-refractivity contribution < 1.29 is 22.4 Å². The van der Waals surface area contributed by atoms with Gasteiger partial charge in [-0.25, -0.2) is 0 Å². The van der Waals surface area contributed by atoms with E-state index in [-0.39, 0.29) is 22.4 Å². The molecule has 8 rings (SSSR count). The molecule has 275 valence electrons. The summed E-state index contributed by atoms with van der Waals surface area (Å²) in [6, 6.07) is 47.9. The van der Waals surface area contributed by atoms with Gasteiger partial charge in [0.25, 0.3) is 0 Å². The number of anilines is 4. The monoisotopic (exact) mass is 878 g/mol. The van der Waals surface area contributed by atoms with E-state index in [2.05, 4.69) is 198 Å². The van der Waals surface area contributed by atoms with Crippen molar-refractivity contribution in [3.63, 3.8) is 0 Å². The van der Waals surface area contributed by atoms with Gasteiger partial charge in [0, 0.05) is 45.1 Å². The van der Waals surface area contributed by atoms with E-state index in [0.717, 1.165) is 11.0 Å². The van der Waals surface area contributed by atoms with Crippen LogP contribution in [0.2, 0.25) is 0 Å². The van der Waals surface area contributed by atoms with E-state index in [4.69, 9.17) is 0 Å². The summed E-state index contributed by atoms with van der Waals surface area (Å²) in [4.78, 5) is 9.46. The molecule has 6 aromatic carbocycles. The second kappa shape index (κ2) is 16.2. The molecule has 0 amide bonds. The van der Waals surface area contributed by atoms with E-state index in [1.54, 1.807) is 0 Å². The first-order chi connectivity index (χ1) is 25.1. The number of fused-ring (bicyclic) bond motifs is 4. The van der Waals surface area contributed by atoms with Crippen molar-refractivity contribution >= 4 is 44.6 Å². The van der Waals surface area contributed by atoms with Gasteiger partial charge in [0.1, 0.15) is 0 Å². The average Bonchev–Trinajstić information content (AvgIpc) is 3.73. The van der Waals surface area contributed by atoms with Gasteiger partial charge in [-0.1, -0.05) is 177 Å². The number of para-hydroxylation sites is 4. The fraction of sp³-hybridized carbons (Fsp3) is 0.245. The molecular weight excluding hydrogens is 828 g/mol. The van der Waals surface area contributed by atoms with Gasteiger partial charge in [-0.05, 0) is 80.0 Å². The summed E-state index contributed by atoms with van der Waals surface area (Å²) in [5.74, 6) is 1.66. The average molecular weight is 879 g/mol. The Morgan fingerprint density at radius 3 is 1.28 bits per heavy atom. The Balaban J connectivity index is 0.000000286. The maximum Gasteiger partial charge on any atom is 0.0351 e. The maximum absolute atomic E-state index is 4.52. The third-order valence-corrected chi connectivity index (χ3v) is 10.3. The molecule has 3 nitrogen and oxygen atoms in total. The molecule has 1 aliphatic rings. The topological polar surface area (TPSA) is 20.6 Å². The van der Waals surface area contributed by atoms with Crippen molar-refractivity contribution in [3.8, 4) is 11.1 Å². The number of benzene rings is 6. The molecule has 2 heterocycles. The van der Waals surface area contributed by atoms with Gasteiger partial charge in [-0.3, -0.25) is 0 Å². The first kappa shape index (κ1) is 38.2. The number of aromatic nitrogens is 1. The van der Waals surface area contributed by atoms with Crippen LogP contribution in [0, 0.1) is 6.67 Å². The number of hydrogen-bond acceptors (Lipinski definition) is 2. The molecule has 0 N–H and O–H groups in total. The molecule has 7 aromatic rings. The standard InChI is InChI=1S/C37H43N2.C12H8N.Au/c1-24(2)30-16-12-17-31(25(3)4)36(30)38-23-39(37-32(26(5)6)18-13-19-33(37)27(7)8)35-22-29(20-21-34(35)38)28-14-10-9-11-15-28;1-3-7-11-9(5-1)10-6-2-4-8-12(10)13-11;/h9-27H,1-8H3;1-8H;/q2*-1;. The van der Waals surface area contributed by atoms with Gasteiger partial charge in [0.2, 0.25) is 0 Å². The maximum atomic E-state index is 4.52. The summed E-state index contributed by atoms with van der Waals surface area (Å²) in [5.41, 5.74) is 15.3. The van der Waals surface area contributed by atoms with Crippen LogP contribution in [-0.2, 0) is 22.4 Å². The normalized spacial score (nSPS) is 12.5. The minimum Gasteiger partial charge on any atom is -0.657 e. The summed E-state index contributed by atoms with van der Waals surface area (Å²) in [7, 11) is 0. The summed E-state index contributed by atoms with van der Waals surface area (Å²) in [6.07, 6.45) is 0. The molecule has 0 spiro atoms. The predicted molar refractivity (Wildman–Crippen MR) is 224 cm³/mol. The molecule has 1 aliphatic heterocycles. The van der Waals surface area contributed by atoms with E-state index in [1.165, 1.54) is 66.9 Å². The van der Waals surface area contributed by atoms with Crippen LogP contribution < -0.4 is 14.8 Å². The zero-order valence-corrected chi connectivity index (χ0v) is 34.4. The molecular formula is C49H51AuN3-2. The minimum absolute atomic E-state index is 0. The fourth-order valence-corrected chi connectivity index (χ4v) is 7.63. The van der Waals surface area contributed by atoms with Crippen LogP contribution in [0.15, 0.2) is 133 Å². The Labute approximate surface area is 332 Å². The van der Waals surface area contributed by atoms with Gasteiger partial charge in [0.15, 0.2) is 0 Å². The van der Waals surface area contributed by atoms with E-state index in [9.17, 15) is 0 Å². The molecule has 1 radical (unpaired) electrons. The van der Waals surface area contributed by atoms with Crippen LogP contribution in [-0.4, -0.2) is 0 Å². The molecule has 0 atom stereocenters. The van der Waals surface area contributed by atoms with Gasteiger partial charge in [-0.2, -0.15) is 0 Å². The van der Waals surface area contributed by atoms with Crippen molar-refractivity contribution in [2.45, 2.75) is 79.1 Å². The Morgan fingerprint density at radius 2 is 0.830 bits per heavy atom. The molecule has 0 aliphatic carbocycles. The Bertz CT molecular complexity index is 2210. The number of nitrogens with zero attached hydrogens (tertiary/aromatic N) is 3. The van der Waals surface area contributed by atoms with Crippen LogP contribution in [0.25, 0.3) is 32.9 Å². The second-order valence-corrected chi connectivity index (χ2v) is 15.3. The van der Waals surface area contributed by atoms with Crippen molar-refractivity contribution in [1.29, 1.82) is 0 Å². The van der Waals surface area contributed by atoms with Crippen molar-refractivity contribution in [2.75, 3.05) is 9.80 Å². The van der Waals surface area contributed by atoms with Gasteiger partial charge >= 0.3 is 0 Å². The molecule has 0 fully saturated rings. The van der Waals surface area contributed by atoms with E-state index >= 15 is 0 Å². The molecule has 1 aromatic heterocycles. The van der Waals surface area contributed by atoms with E-state index in [0.29, 0.717) is 23.7 Å². The quantitative estimate of drug-likeness (QED) is 0.118. The molecule has 4 heteroatoms. The zero-order valence-electron chi connectivity index (χ0n) is 32.2. The van der Waals surface area contributed by atoms with Crippen molar-refractivity contribution in [3.05, 3.63) is 162 Å². The van der Waals surface area contributed by atoms with E-state index in [1.807, 2.05) is 12.1 Å². The van der Waals surface area contributed by atoms with Gasteiger partial charge in [-0.15, -0.1) is 17.7 Å². The van der Waals surface area contributed by atoms with Crippen LogP contribution in [0.3, 0.4) is 0 Å². The van der Waals surface area contributed by atoms with Gasteiger partial charge in [0.05, 0.1) is 0 Å². The largest absolute Gasteiger partial charge is 0.657 e. The summed E-state index contributed by atoms with van der Waals surface area (Å²) >= 11 is 0. The summed E-state index contributed by atoms with van der Waals surface area (Å²) in [5, 5.41) is 2.50.